The molecule has 2 aromatic carbocycles. The van der Waals surface area contributed by atoms with Crippen LogP contribution in [0.5, 0.6) is 0 Å². The van der Waals surface area contributed by atoms with Crippen molar-refractivity contribution >= 4 is 23.2 Å². The van der Waals surface area contributed by atoms with Crippen molar-refractivity contribution in [3.63, 3.8) is 0 Å². The largest absolute Gasteiger partial charge is 0.479 e. The van der Waals surface area contributed by atoms with Gasteiger partial charge in [0, 0.05) is 0 Å². The van der Waals surface area contributed by atoms with E-state index >= 15 is 0 Å². The van der Waals surface area contributed by atoms with Crippen LogP contribution >= 0.6 is 11.3 Å². The molecular formula is C25H25NO3S. The topological polar surface area (TPSA) is 66.4 Å². The summed E-state index contributed by atoms with van der Waals surface area (Å²) >= 11 is 1.33. The van der Waals surface area contributed by atoms with Crippen molar-refractivity contribution in [3.8, 4) is 11.1 Å². The molecule has 1 saturated carbocycles. The quantitative estimate of drug-likeness (QED) is 0.513. The first-order valence-electron chi connectivity index (χ1n) is 10.4. The van der Waals surface area contributed by atoms with Gasteiger partial charge in [0.15, 0.2) is 6.04 Å². The molecule has 0 aliphatic heterocycles. The number of carbonyl (C=O) groups is 2. The number of hydrogen-bond acceptors (Lipinski definition) is 3. The summed E-state index contributed by atoms with van der Waals surface area (Å²) in [6.07, 6.45) is 6.52. The van der Waals surface area contributed by atoms with Crippen molar-refractivity contribution < 1.29 is 14.7 Å². The van der Waals surface area contributed by atoms with Crippen molar-refractivity contribution in [2.75, 3.05) is 0 Å². The summed E-state index contributed by atoms with van der Waals surface area (Å²) in [5, 5.41) is 14.1. The van der Waals surface area contributed by atoms with E-state index in [1.165, 1.54) is 49.0 Å². The molecular weight excluding hydrogens is 394 g/mol. The number of amides is 1. The first-order valence-corrected chi connectivity index (χ1v) is 11.3. The van der Waals surface area contributed by atoms with Gasteiger partial charge < -0.3 is 10.4 Å². The second-order valence-corrected chi connectivity index (χ2v) is 8.72. The Labute approximate surface area is 180 Å². The Hall–Kier alpha value is -2.92. The number of benzene rings is 2. The molecule has 2 N–H and O–H groups in total. The van der Waals surface area contributed by atoms with Gasteiger partial charge in [-0.05, 0) is 52.5 Å². The molecule has 1 heterocycles. The lowest BCUT2D eigenvalue weighted by Crippen LogP contribution is -2.33. The second-order valence-electron chi connectivity index (χ2n) is 7.81. The van der Waals surface area contributed by atoms with Gasteiger partial charge >= 0.3 is 5.97 Å². The number of carbonyl (C=O) groups excluding carboxylic acids is 1. The first kappa shape index (κ1) is 20.4. The van der Waals surface area contributed by atoms with Gasteiger partial charge in [-0.25, -0.2) is 4.79 Å². The molecule has 0 bridgehead atoms. The van der Waals surface area contributed by atoms with Gasteiger partial charge in [0.05, 0.1) is 4.88 Å². The smallest absolute Gasteiger partial charge is 0.330 e. The average molecular weight is 420 g/mol. The molecule has 3 aromatic rings. The summed E-state index contributed by atoms with van der Waals surface area (Å²) in [6.45, 7) is 0. The molecule has 1 aromatic heterocycles. The van der Waals surface area contributed by atoms with E-state index in [4.69, 9.17) is 0 Å². The molecule has 5 heteroatoms. The van der Waals surface area contributed by atoms with E-state index in [0.29, 0.717) is 16.4 Å². The molecule has 0 saturated heterocycles. The molecule has 30 heavy (non-hydrogen) atoms. The van der Waals surface area contributed by atoms with Crippen molar-refractivity contribution in [1.82, 2.24) is 5.32 Å². The minimum Gasteiger partial charge on any atom is -0.479 e. The minimum absolute atomic E-state index is 0.374. The third-order valence-electron chi connectivity index (χ3n) is 5.80. The number of thiophene rings is 1. The van der Waals surface area contributed by atoms with E-state index in [2.05, 4.69) is 29.6 Å². The Morgan fingerprint density at radius 3 is 2.30 bits per heavy atom. The highest BCUT2D eigenvalue weighted by Crippen LogP contribution is 2.34. The van der Waals surface area contributed by atoms with Crippen molar-refractivity contribution in [2.24, 2.45) is 0 Å². The number of carboxylic acids is 1. The third kappa shape index (κ3) is 4.62. The van der Waals surface area contributed by atoms with E-state index in [9.17, 15) is 14.7 Å². The Bertz CT molecular complexity index is 1000. The lowest BCUT2D eigenvalue weighted by Gasteiger charge is -2.22. The molecule has 0 spiro atoms. The molecule has 1 amide bonds. The molecule has 1 fully saturated rings. The van der Waals surface area contributed by atoms with Crippen LogP contribution in [0.15, 0.2) is 66.0 Å². The van der Waals surface area contributed by atoms with Crippen LogP contribution in [-0.4, -0.2) is 17.0 Å². The molecule has 1 aliphatic rings. The maximum atomic E-state index is 12.7. The van der Waals surface area contributed by atoms with Crippen molar-refractivity contribution in [1.29, 1.82) is 0 Å². The summed E-state index contributed by atoms with van der Waals surface area (Å²) in [5.41, 5.74) is 4.00. The lowest BCUT2D eigenvalue weighted by atomic mass is 9.84. The van der Waals surface area contributed by atoms with Crippen LogP contribution < -0.4 is 5.32 Å². The second kappa shape index (κ2) is 9.26. The van der Waals surface area contributed by atoms with Gasteiger partial charge in [0.25, 0.3) is 5.91 Å². The molecule has 1 aliphatic carbocycles. The number of nitrogens with one attached hydrogen (secondary N) is 1. The normalized spacial score (nSPS) is 15.5. The van der Waals surface area contributed by atoms with Gasteiger partial charge in [-0.2, -0.15) is 0 Å². The Morgan fingerprint density at radius 2 is 1.63 bits per heavy atom. The summed E-state index contributed by atoms with van der Waals surface area (Å²) in [4.78, 5) is 24.8. The zero-order valence-electron chi connectivity index (χ0n) is 16.7. The van der Waals surface area contributed by atoms with Gasteiger partial charge in [0.2, 0.25) is 0 Å². The number of aliphatic carboxylic acids is 1. The lowest BCUT2D eigenvalue weighted by molar-refractivity contribution is -0.139. The standard InChI is InChI=1S/C25H25NO3S/c27-24(26-23(25(28)29)20-9-5-2-6-10-20)22-15-21(16-30-22)19-13-11-18(12-14-19)17-7-3-1-4-8-17/h2,5-6,9-17,23H,1,3-4,7-8H2,(H,26,27)(H,28,29). The molecule has 4 rings (SSSR count). The van der Waals surface area contributed by atoms with E-state index in [1.807, 2.05) is 17.5 Å². The highest BCUT2D eigenvalue weighted by molar-refractivity contribution is 7.12. The van der Waals surface area contributed by atoms with Gasteiger partial charge in [0.1, 0.15) is 0 Å². The maximum absolute atomic E-state index is 12.7. The Kier molecular flexibility index (Phi) is 6.29. The van der Waals surface area contributed by atoms with Crippen LogP contribution in [0.25, 0.3) is 11.1 Å². The number of hydrogen-bond donors (Lipinski definition) is 2. The van der Waals surface area contributed by atoms with Gasteiger partial charge in [-0.1, -0.05) is 73.9 Å². The molecule has 4 nitrogen and oxygen atoms in total. The predicted octanol–water partition coefficient (Wildman–Crippen LogP) is 6.02. The van der Waals surface area contributed by atoms with E-state index in [1.54, 1.807) is 24.3 Å². The minimum atomic E-state index is -1.08. The van der Waals surface area contributed by atoms with Gasteiger partial charge in [-0.15, -0.1) is 11.3 Å². The van der Waals surface area contributed by atoms with E-state index < -0.39 is 12.0 Å². The predicted molar refractivity (Wildman–Crippen MR) is 120 cm³/mol. The Balaban J connectivity index is 1.46. The highest BCUT2D eigenvalue weighted by Gasteiger charge is 2.23. The van der Waals surface area contributed by atoms with Crippen molar-refractivity contribution in [3.05, 3.63) is 82.0 Å². The van der Waals surface area contributed by atoms with Crippen LogP contribution in [0.4, 0.5) is 0 Å². The number of carboxylic acid groups (broad SMARTS) is 1. The van der Waals surface area contributed by atoms with Gasteiger partial charge in [-0.3, -0.25) is 4.79 Å². The summed E-state index contributed by atoms with van der Waals surface area (Å²) in [5.74, 6) is -0.784. The molecule has 154 valence electrons. The third-order valence-corrected chi connectivity index (χ3v) is 6.73. The van der Waals surface area contributed by atoms with Crippen molar-refractivity contribution in [2.45, 2.75) is 44.1 Å². The zero-order valence-corrected chi connectivity index (χ0v) is 17.5. The number of rotatable bonds is 6. The highest BCUT2D eigenvalue weighted by atomic mass is 32.1. The van der Waals surface area contributed by atoms with Crippen LogP contribution in [0.2, 0.25) is 0 Å². The summed E-state index contributed by atoms with van der Waals surface area (Å²) in [6, 6.07) is 18.2. The zero-order chi connectivity index (χ0) is 20.9. The van der Waals surface area contributed by atoms with E-state index in [-0.39, 0.29) is 5.91 Å². The first-order chi connectivity index (χ1) is 14.6. The monoisotopic (exact) mass is 419 g/mol. The SMILES string of the molecule is O=C(NC(C(=O)O)c1ccccc1)c1cc(-c2ccc(C3CCCCC3)cc2)cs1. The van der Waals surface area contributed by atoms with Crippen LogP contribution in [-0.2, 0) is 4.79 Å². The van der Waals surface area contributed by atoms with Crippen LogP contribution in [0, 0.1) is 0 Å². The fraction of sp³-hybridized carbons (Fsp3) is 0.280. The fourth-order valence-electron chi connectivity index (χ4n) is 4.13. The van der Waals surface area contributed by atoms with Crippen LogP contribution in [0.3, 0.4) is 0 Å². The molecule has 1 unspecified atom stereocenters. The summed E-state index contributed by atoms with van der Waals surface area (Å²) < 4.78 is 0. The summed E-state index contributed by atoms with van der Waals surface area (Å²) in [7, 11) is 0. The average Bonchev–Trinajstić information content (AvgIpc) is 3.29. The molecule has 0 radical (unpaired) electrons. The van der Waals surface area contributed by atoms with E-state index in [0.717, 1.165) is 11.1 Å². The Morgan fingerprint density at radius 1 is 0.933 bits per heavy atom. The maximum Gasteiger partial charge on any atom is 0.330 e. The van der Waals surface area contributed by atoms with Crippen LogP contribution in [0.1, 0.15) is 64.9 Å². The molecule has 1 atom stereocenters. The fourth-order valence-corrected chi connectivity index (χ4v) is 4.94.